The molecule has 0 amide bonds. The van der Waals surface area contributed by atoms with Gasteiger partial charge < -0.3 is 9.13 Å². The lowest BCUT2D eigenvalue weighted by Gasteiger charge is -2.18. The zero-order chi connectivity index (χ0) is 32.2. The number of fused-ring (bicyclic) bond motifs is 6. The molecule has 48 heavy (non-hydrogen) atoms. The maximum atomic E-state index is 7.89. The van der Waals surface area contributed by atoms with Crippen molar-refractivity contribution in [3.63, 3.8) is 0 Å². The molecule has 0 aliphatic heterocycles. The lowest BCUT2D eigenvalue weighted by molar-refractivity contribution is 1.18. The zero-order valence-electron chi connectivity index (χ0n) is 25.8. The summed E-state index contributed by atoms with van der Waals surface area (Å²) in [4.78, 5) is 7.70. The van der Waals surface area contributed by atoms with Crippen molar-refractivity contribution in [2.24, 2.45) is 0 Å². The second kappa shape index (κ2) is 10.9. The summed E-state index contributed by atoms with van der Waals surface area (Å²) in [5, 5.41) is 4.58. The molecule has 0 aliphatic rings. The fourth-order valence-electron chi connectivity index (χ4n) is 7.30. The van der Waals surface area contributed by atoms with E-state index < -0.39 is 0 Å². The standard InChI is InChI=1S/C44H26N4/c1-45-30-24-27-37(43(28-30)48-41-20-9-5-14-34(41)35-15-6-10-21-42(35)48)33-13-4-3-12-32(33)29-22-25-31(26-23-29)47-40-19-8-7-16-36(40)38-17-11-18-39(46-2)44(38)47/h3-28H. The van der Waals surface area contributed by atoms with Crippen molar-refractivity contribution in [1.82, 2.24) is 9.13 Å². The minimum Gasteiger partial charge on any atom is -0.319 e. The molecule has 0 unspecified atom stereocenters. The summed E-state index contributed by atoms with van der Waals surface area (Å²) in [7, 11) is 0. The Hall–Kier alpha value is -6.88. The lowest BCUT2D eigenvalue weighted by atomic mass is 9.93. The number of rotatable bonds is 4. The Bertz CT molecular complexity index is 2750. The van der Waals surface area contributed by atoms with Crippen molar-refractivity contribution in [3.8, 4) is 33.6 Å². The molecule has 0 atom stereocenters. The Kier molecular flexibility index (Phi) is 6.22. The summed E-state index contributed by atoms with van der Waals surface area (Å²) in [5.41, 5.74) is 11.8. The van der Waals surface area contributed by atoms with Crippen LogP contribution in [0.2, 0.25) is 0 Å². The Balaban J connectivity index is 1.24. The van der Waals surface area contributed by atoms with Crippen LogP contribution in [0.25, 0.3) is 86.9 Å². The Morgan fingerprint density at radius 2 is 0.979 bits per heavy atom. The molecule has 9 aromatic rings. The van der Waals surface area contributed by atoms with Crippen molar-refractivity contribution in [2.75, 3.05) is 0 Å². The van der Waals surface area contributed by atoms with Gasteiger partial charge >= 0.3 is 0 Å². The number of nitrogens with zero attached hydrogens (tertiary/aromatic N) is 4. The minimum absolute atomic E-state index is 0.599. The van der Waals surface area contributed by atoms with Gasteiger partial charge in [-0.3, -0.25) is 0 Å². The van der Waals surface area contributed by atoms with E-state index in [1.54, 1.807) is 0 Å². The zero-order valence-corrected chi connectivity index (χ0v) is 25.8. The average molecular weight is 611 g/mol. The predicted molar refractivity (Wildman–Crippen MR) is 199 cm³/mol. The van der Waals surface area contributed by atoms with Gasteiger partial charge in [-0.2, -0.15) is 0 Å². The number of aromatic nitrogens is 2. The van der Waals surface area contributed by atoms with Gasteiger partial charge in [0, 0.05) is 33.1 Å². The van der Waals surface area contributed by atoms with Gasteiger partial charge in [0.15, 0.2) is 5.69 Å². The number of hydrogen-bond donors (Lipinski definition) is 0. The van der Waals surface area contributed by atoms with Crippen molar-refractivity contribution >= 4 is 55.0 Å². The molecule has 4 heteroatoms. The summed E-state index contributed by atoms with van der Waals surface area (Å²) in [6.45, 7) is 15.7. The maximum Gasteiger partial charge on any atom is 0.211 e. The molecule has 2 aromatic heterocycles. The van der Waals surface area contributed by atoms with Gasteiger partial charge in [0.1, 0.15) is 0 Å². The maximum absolute atomic E-state index is 7.89. The Labute approximate surface area is 277 Å². The van der Waals surface area contributed by atoms with Crippen molar-refractivity contribution < 1.29 is 0 Å². The van der Waals surface area contributed by atoms with Crippen LogP contribution < -0.4 is 0 Å². The highest BCUT2D eigenvalue weighted by molar-refractivity contribution is 6.13. The second-order valence-electron chi connectivity index (χ2n) is 11.9. The highest BCUT2D eigenvalue weighted by Gasteiger charge is 2.19. The van der Waals surface area contributed by atoms with Crippen molar-refractivity contribution in [3.05, 3.63) is 181 Å². The third-order valence-corrected chi connectivity index (χ3v) is 9.38. The first-order valence-corrected chi connectivity index (χ1v) is 15.8. The minimum atomic E-state index is 0.599. The number of hydrogen-bond acceptors (Lipinski definition) is 0. The van der Waals surface area contributed by atoms with Gasteiger partial charge in [0.25, 0.3) is 0 Å². The van der Waals surface area contributed by atoms with Crippen LogP contribution in [0.3, 0.4) is 0 Å². The van der Waals surface area contributed by atoms with E-state index in [1.165, 1.54) is 10.8 Å². The molecule has 0 radical (unpaired) electrons. The van der Waals surface area contributed by atoms with Crippen LogP contribution in [0, 0.1) is 13.1 Å². The summed E-state index contributed by atoms with van der Waals surface area (Å²) >= 11 is 0. The molecule has 0 aliphatic carbocycles. The van der Waals surface area contributed by atoms with E-state index in [0.29, 0.717) is 11.4 Å². The van der Waals surface area contributed by atoms with E-state index in [1.807, 2.05) is 30.3 Å². The van der Waals surface area contributed by atoms with Crippen molar-refractivity contribution in [1.29, 1.82) is 0 Å². The second-order valence-corrected chi connectivity index (χ2v) is 11.9. The normalized spacial score (nSPS) is 11.3. The molecule has 0 N–H and O–H groups in total. The molecule has 222 valence electrons. The highest BCUT2D eigenvalue weighted by atomic mass is 15.0. The molecule has 7 aromatic carbocycles. The van der Waals surface area contributed by atoms with Crippen LogP contribution in [0.5, 0.6) is 0 Å². The largest absolute Gasteiger partial charge is 0.319 e. The Morgan fingerprint density at radius 3 is 1.62 bits per heavy atom. The van der Waals surface area contributed by atoms with E-state index >= 15 is 0 Å². The van der Waals surface area contributed by atoms with Crippen LogP contribution in [0.15, 0.2) is 158 Å². The smallest absolute Gasteiger partial charge is 0.211 e. The third-order valence-electron chi connectivity index (χ3n) is 9.38. The van der Waals surface area contributed by atoms with Crippen LogP contribution in [-0.2, 0) is 0 Å². The molecule has 0 bridgehead atoms. The first-order chi connectivity index (χ1) is 23.7. The van der Waals surface area contributed by atoms with Gasteiger partial charge in [-0.1, -0.05) is 121 Å². The van der Waals surface area contributed by atoms with E-state index in [2.05, 4.69) is 146 Å². The predicted octanol–water partition coefficient (Wildman–Crippen LogP) is 12.3. The summed E-state index contributed by atoms with van der Waals surface area (Å²) < 4.78 is 4.50. The van der Waals surface area contributed by atoms with E-state index in [0.717, 1.165) is 66.5 Å². The molecule has 0 spiro atoms. The van der Waals surface area contributed by atoms with Crippen molar-refractivity contribution in [2.45, 2.75) is 0 Å². The molecule has 0 saturated carbocycles. The lowest BCUT2D eigenvalue weighted by Crippen LogP contribution is -1.98. The van der Waals surface area contributed by atoms with Gasteiger partial charge in [-0.05, 0) is 58.5 Å². The fourth-order valence-corrected chi connectivity index (χ4v) is 7.30. The first kappa shape index (κ1) is 27.4. The molecule has 0 saturated heterocycles. The topological polar surface area (TPSA) is 18.6 Å². The molecular formula is C44H26N4. The van der Waals surface area contributed by atoms with Gasteiger partial charge in [-0.25, -0.2) is 9.69 Å². The summed E-state index contributed by atoms with van der Waals surface area (Å²) in [5.74, 6) is 0. The van der Waals surface area contributed by atoms with Crippen LogP contribution in [0.1, 0.15) is 0 Å². The van der Waals surface area contributed by atoms with Crippen LogP contribution in [0.4, 0.5) is 11.4 Å². The Morgan fingerprint density at radius 1 is 0.417 bits per heavy atom. The van der Waals surface area contributed by atoms with E-state index in [9.17, 15) is 0 Å². The average Bonchev–Trinajstić information content (AvgIpc) is 3.68. The quantitative estimate of drug-likeness (QED) is 0.177. The number of para-hydroxylation sites is 4. The SMILES string of the molecule is [C-]#[N+]c1ccc(-c2ccccc2-c2ccc(-n3c4ccccc4c4cccc([N+]#[C-])c43)cc2)c(-n2c3ccccc3c3ccccc32)c1. The van der Waals surface area contributed by atoms with Gasteiger partial charge in [0.2, 0.25) is 5.69 Å². The number of benzene rings is 7. The highest BCUT2D eigenvalue weighted by Crippen LogP contribution is 2.42. The molecule has 2 heterocycles. The van der Waals surface area contributed by atoms with Crippen LogP contribution >= 0.6 is 0 Å². The molecule has 9 rings (SSSR count). The molecular weight excluding hydrogens is 585 g/mol. The summed E-state index contributed by atoms with van der Waals surface area (Å²) in [6, 6.07) is 54.4. The molecule has 0 fully saturated rings. The third kappa shape index (κ3) is 4.07. The van der Waals surface area contributed by atoms with E-state index in [-0.39, 0.29) is 0 Å². The van der Waals surface area contributed by atoms with Gasteiger partial charge in [0.05, 0.1) is 35.2 Å². The first-order valence-electron chi connectivity index (χ1n) is 15.8. The van der Waals surface area contributed by atoms with E-state index in [4.69, 9.17) is 13.1 Å². The fraction of sp³-hybridized carbons (Fsp3) is 0. The summed E-state index contributed by atoms with van der Waals surface area (Å²) in [6.07, 6.45) is 0. The monoisotopic (exact) mass is 610 g/mol. The molecule has 4 nitrogen and oxygen atoms in total. The van der Waals surface area contributed by atoms with Gasteiger partial charge in [-0.15, -0.1) is 0 Å². The van der Waals surface area contributed by atoms with Crippen LogP contribution in [-0.4, -0.2) is 9.13 Å².